The van der Waals surface area contributed by atoms with E-state index in [1.165, 1.54) is 186 Å². The van der Waals surface area contributed by atoms with Crippen LogP contribution in [0.3, 0.4) is 0 Å². The molecule has 0 radical (unpaired) electrons. The Morgan fingerprint density at radius 1 is 0.469 bits per heavy atom. The van der Waals surface area contributed by atoms with Crippen LogP contribution in [0.1, 0.15) is 246 Å². The minimum atomic E-state index is 0.0366. The standard InChI is InChI=1S/C45H91NO3/c1-5-9-12-15-18-19-21-27-34-43(8-4)35-28-26-33-40-46(41-42-47)39-32-25-20-24-31-38-45(48)49-44(36-29-22-16-13-10-6-2)37-30-23-17-14-11-7-3/h43-44,47H,5-42H2,1-4H3. The SMILES string of the molecule is CCCCCCCCCCC(CC)CCCCCN(CCO)CCCCCCCC(=O)OC(CCCCCCCC)CCCCCCCC. The summed E-state index contributed by atoms with van der Waals surface area (Å²) in [5, 5.41) is 9.60. The lowest BCUT2D eigenvalue weighted by molar-refractivity contribution is -0.150. The largest absolute Gasteiger partial charge is 0.462 e. The molecule has 0 spiro atoms. The van der Waals surface area contributed by atoms with Gasteiger partial charge in [0, 0.05) is 13.0 Å². The predicted molar refractivity (Wildman–Crippen MR) is 217 cm³/mol. The van der Waals surface area contributed by atoms with Crippen LogP contribution in [0.25, 0.3) is 0 Å². The summed E-state index contributed by atoms with van der Waals surface area (Å²) in [5.74, 6) is 0.960. The van der Waals surface area contributed by atoms with Crippen molar-refractivity contribution in [1.82, 2.24) is 4.90 Å². The van der Waals surface area contributed by atoms with Gasteiger partial charge in [-0.2, -0.15) is 0 Å². The molecule has 0 bridgehead atoms. The first-order valence-electron chi connectivity index (χ1n) is 22.6. The second-order valence-corrected chi connectivity index (χ2v) is 15.7. The molecular weight excluding hydrogens is 602 g/mol. The number of nitrogens with zero attached hydrogens (tertiary/aromatic N) is 1. The van der Waals surface area contributed by atoms with Gasteiger partial charge in [-0.05, 0) is 64.0 Å². The predicted octanol–water partition coefficient (Wildman–Crippen LogP) is 14.2. The molecule has 294 valence electrons. The maximum absolute atomic E-state index is 12.7. The maximum Gasteiger partial charge on any atom is 0.306 e. The summed E-state index contributed by atoms with van der Waals surface area (Å²) < 4.78 is 6.04. The highest BCUT2D eigenvalue weighted by molar-refractivity contribution is 5.69. The molecule has 1 N–H and O–H groups in total. The molecule has 0 aliphatic rings. The molecule has 1 atom stereocenters. The maximum atomic E-state index is 12.7. The second kappa shape index (κ2) is 40.2. The van der Waals surface area contributed by atoms with Crippen LogP contribution in [0.15, 0.2) is 0 Å². The van der Waals surface area contributed by atoms with Gasteiger partial charge in [-0.1, -0.05) is 195 Å². The van der Waals surface area contributed by atoms with Gasteiger partial charge in [0.1, 0.15) is 6.10 Å². The van der Waals surface area contributed by atoms with E-state index < -0.39 is 0 Å². The lowest BCUT2D eigenvalue weighted by atomic mass is 9.92. The molecule has 0 saturated heterocycles. The zero-order valence-electron chi connectivity index (χ0n) is 34.2. The highest BCUT2D eigenvalue weighted by Crippen LogP contribution is 2.22. The summed E-state index contributed by atoms with van der Waals surface area (Å²) in [6.45, 7) is 12.5. The van der Waals surface area contributed by atoms with Crippen molar-refractivity contribution in [3.8, 4) is 0 Å². The Hall–Kier alpha value is -0.610. The van der Waals surface area contributed by atoms with Crippen molar-refractivity contribution in [3.63, 3.8) is 0 Å². The average molecular weight is 694 g/mol. The first-order valence-corrected chi connectivity index (χ1v) is 22.6. The van der Waals surface area contributed by atoms with E-state index in [2.05, 4.69) is 32.6 Å². The van der Waals surface area contributed by atoms with Crippen molar-refractivity contribution in [2.24, 2.45) is 5.92 Å². The van der Waals surface area contributed by atoms with E-state index in [1.54, 1.807) is 0 Å². The minimum Gasteiger partial charge on any atom is -0.462 e. The van der Waals surface area contributed by atoms with E-state index in [9.17, 15) is 9.90 Å². The van der Waals surface area contributed by atoms with Gasteiger partial charge >= 0.3 is 5.97 Å². The lowest BCUT2D eigenvalue weighted by Gasteiger charge is -2.21. The summed E-state index contributed by atoms with van der Waals surface area (Å²) in [4.78, 5) is 15.2. The van der Waals surface area contributed by atoms with Crippen LogP contribution in [-0.2, 0) is 9.53 Å². The van der Waals surface area contributed by atoms with E-state index >= 15 is 0 Å². The van der Waals surface area contributed by atoms with Crippen molar-refractivity contribution >= 4 is 5.97 Å². The zero-order valence-corrected chi connectivity index (χ0v) is 34.2. The summed E-state index contributed by atoms with van der Waals surface area (Å²) in [7, 11) is 0. The number of hydrogen-bond acceptors (Lipinski definition) is 4. The number of carbonyl (C=O) groups excluding carboxylic acids is 1. The Morgan fingerprint density at radius 3 is 1.27 bits per heavy atom. The normalized spacial score (nSPS) is 12.4. The van der Waals surface area contributed by atoms with Crippen molar-refractivity contribution in [3.05, 3.63) is 0 Å². The van der Waals surface area contributed by atoms with Crippen LogP contribution in [0.4, 0.5) is 0 Å². The Morgan fingerprint density at radius 2 is 0.837 bits per heavy atom. The van der Waals surface area contributed by atoms with Crippen LogP contribution in [-0.4, -0.2) is 48.3 Å². The fourth-order valence-electron chi connectivity index (χ4n) is 7.49. The number of carbonyl (C=O) groups is 1. The van der Waals surface area contributed by atoms with E-state index in [4.69, 9.17) is 4.74 Å². The molecular formula is C45H91NO3. The van der Waals surface area contributed by atoms with Gasteiger partial charge in [0.25, 0.3) is 0 Å². The van der Waals surface area contributed by atoms with E-state index in [0.717, 1.165) is 51.2 Å². The smallest absolute Gasteiger partial charge is 0.306 e. The molecule has 0 aromatic heterocycles. The topological polar surface area (TPSA) is 49.8 Å². The number of ether oxygens (including phenoxy) is 1. The highest BCUT2D eigenvalue weighted by atomic mass is 16.5. The molecule has 4 heteroatoms. The summed E-state index contributed by atoms with van der Waals surface area (Å²) in [5.41, 5.74) is 0. The average Bonchev–Trinajstić information content (AvgIpc) is 3.10. The van der Waals surface area contributed by atoms with Crippen molar-refractivity contribution < 1.29 is 14.6 Å². The van der Waals surface area contributed by atoms with Gasteiger partial charge in [0.05, 0.1) is 6.61 Å². The van der Waals surface area contributed by atoms with Gasteiger partial charge < -0.3 is 14.7 Å². The quantitative estimate of drug-likeness (QED) is 0.0511. The summed E-state index contributed by atoms with van der Waals surface area (Å²) in [6, 6.07) is 0. The van der Waals surface area contributed by atoms with Crippen molar-refractivity contribution in [1.29, 1.82) is 0 Å². The van der Waals surface area contributed by atoms with Crippen LogP contribution >= 0.6 is 0 Å². The molecule has 0 amide bonds. The minimum absolute atomic E-state index is 0.0366. The van der Waals surface area contributed by atoms with Crippen LogP contribution in [0.2, 0.25) is 0 Å². The Bertz CT molecular complexity index is 625. The molecule has 0 rings (SSSR count). The third-order valence-corrected chi connectivity index (χ3v) is 11.0. The highest BCUT2D eigenvalue weighted by Gasteiger charge is 2.14. The van der Waals surface area contributed by atoms with Crippen LogP contribution < -0.4 is 0 Å². The number of rotatable bonds is 41. The summed E-state index contributed by atoms with van der Waals surface area (Å²) in [6.07, 6.45) is 43.5. The van der Waals surface area contributed by atoms with E-state index in [1.807, 2.05) is 0 Å². The molecule has 4 nitrogen and oxygen atoms in total. The molecule has 0 saturated carbocycles. The number of esters is 1. The van der Waals surface area contributed by atoms with Crippen molar-refractivity contribution in [2.45, 2.75) is 252 Å². The second-order valence-electron chi connectivity index (χ2n) is 15.7. The molecule has 0 aromatic carbocycles. The molecule has 49 heavy (non-hydrogen) atoms. The third-order valence-electron chi connectivity index (χ3n) is 11.0. The molecule has 0 aliphatic heterocycles. The van der Waals surface area contributed by atoms with Crippen LogP contribution in [0, 0.1) is 5.92 Å². The Kier molecular flexibility index (Phi) is 39.7. The van der Waals surface area contributed by atoms with E-state index in [0.29, 0.717) is 6.42 Å². The Labute approximate surface area is 309 Å². The first kappa shape index (κ1) is 48.4. The monoisotopic (exact) mass is 694 g/mol. The number of hydrogen-bond donors (Lipinski definition) is 1. The van der Waals surface area contributed by atoms with Gasteiger partial charge in [-0.3, -0.25) is 4.79 Å². The Balaban J connectivity index is 4.05. The molecule has 0 aromatic rings. The number of unbranched alkanes of at least 4 members (excludes halogenated alkanes) is 23. The first-order chi connectivity index (χ1) is 24.1. The lowest BCUT2D eigenvalue weighted by Crippen LogP contribution is -2.29. The van der Waals surface area contributed by atoms with Gasteiger partial charge in [0.15, 0.2) is 0 Å². The summed E-state index contributed by atoms with van der Waals surface area (Å²) >= 11 is 0. The third kappa shape index (κ3) is 35.6. The fourth-order valence-corrected chi connectivity index (χ4v) is 7.49. The van der Waals surface area contributed by atoms with Gasteiger partial charge in [-0.15, -0.1) is 0 Å². The van der Waals surface area contributed by atoms with Crippen LogP contribution in [0.5, 0.6) is 0 Å². The molecule has 1 unspecified atom stereocenters. The molecule has 0 aliphatic carbocycles. The zero-order chi connectivity index (χ0) is 35.9. The van der Waals surface area contributed by atoms with Crippen molar-refractivity contribution in [2.75, 3.05) is 26.2 Å². The number of aliphatic hydroxyl groups is 1. The fraction of sp³-hybridized carbons (Fsp3) is 0.978. The molecule has 0 fully saturated rings. The van der Waals surface area contributed by atoms with E-state index in [-0.39, 0.29) is 18.7 Å². The number of aliphatic hydroxyl groups excluding tert-OH is 1. The van der Waals surface area contributed by atoms with Gasteiger partial charge in [-0.25, -0.2) is 0 Å². The van der Waals surface area contributed by atoms with Gasteiger partial charge in [0.2, 0.25) is 0 Å². The molecule has 0 heterocycles.